The predicted octanol–water partition coefficient (Wildman–Crippen LogP) is 3.54. The molecule has 84 valence electrons. The standard InChI is InChI=1S/C15H18O/c16-15-11-10-14(12-15)9-5-4-8-13-6-2-1-3-7-13/h1-3,5-7,9,14H,4,8,10-12H2/b9-5+/t14-/m0/s1. The van der Waals surface area contributed by atoms with Crippen LogP contribution < -0.4 is 0 Å². The molecule has 0 N–H and O–H groups in total. The minimum Gasteiger partial charge on any atom is -0.300 e. The van der Waals surface area contributed by atoms with Crippen molar-refractivity contribution in [2.24, 2.45) is 5.92 Å². The lowest BCUT2D eigenvalue weighted by molar-refractivity contribution is -0.117. The Balaban J connectivity index is 1.72. The molecule has 1 nitrogen and oxygen atoms in total. The predicted molar refractivity (Wildman–Crippen MR) is 66.3 cm³/mol. The Labute approximate surface area is 97.2 Å². The van der Waals surface area contributed by atoms with Crippen molar-refractivity contribution in [1.82, 2.24) is 0 Å². The van der Waals surface area contributed by atoms with Gasteiger partial charge in [0, 0.05) is 12.8 Å². The molecule has 1 aliphatic rings. The second kappa shape index (κ2) is 5.64. The van der Waals surface area contributed by atoms with Crippen LogP contribution in [0.3, 0.4) is 0 Å². The Morgan fingerprint density at radius 1 is 1.25 bits per heavy atom. The first-order valence-corrected chi connectivity index (χ1v) is 6.07. The molecule has 0 heterocycles. The smallest absolute Gasteiger partial charge is 0.133 e. The van der Waals surface area contributed by atoms with Crippen LogP contribution in [0.1, 0.15) is 31.2 Å². The minimum atomic E-state index is 0.428. The van der Waals surface area contributed by atoms with Gasteiger partial charge in [0.2, 0.25) is 0 Å². The van der Waals surface area contributed by atoms with E-state index in [1.807, 2.05) is 6.07 Å². The number of hydrogen-bond donors (Lipinski definition) is 0. The largest absolute Gasteiger partial charge is 0.300 e. The maximum Gasteiger partial charge on any atom is 0.133 e. The summed E-state index contributed by atoms with van der Waals surface area (Å²) in [4.78, 5) is 11.1. The lowest BCUT2D eigenvalue weighted by atomic mass is 10.1. The summed E-state index contributed by atoms with van der Waals surface area (Å²) in [6.07, 6.45) is 9.24. The molecule has 1 saturated carbocycles. The molecule has 1 aliphatic carbocycles. The fraction of sp³-hybridized carbons (Fsp3) is 0.400. The van der Waals surface area contributed by atoms with Crippen molar-refractivity contribution in [2.45, 2.75) is 32.1 Å². The zero-order valence-electron chi connectivity index (χ0n) is 9.56. The van der Waals surface area contributed by atoms with E-state index in [0.717, 1.165) is 32.1 Å². The van der Waals surface area contributed by atoms with E-state index in [0.29, 0.717) is 11.7 Å². The van der Waals surface area contributed by atoms with E-state index in [2.05, 4.69) is 36.4 Å². The van der Waals surface area contributed by atoms with E-state index in [-0.39, 0.29) is 0 Å². The molecule has 0 bridgehead atoms. The molecule has 0 aliphatic heterocycles. The highest BCUT2D eigenvalue weighted by Crippen LogP contribution is 2.23. The van der Waals surface area contributed by atoms with Crippen LogP contribution in [0.15, 0.2) is 42.5 Å². The quantitative estimate of drug-likeness (QED) is 0.700. The monoisotopic (exact) mass is 214 g/mol. The van der Waals surface area contributed by atoms with Gasteiger partial charge >= 0.3 is 0 Å². The lowest BCUT2D eigenvalue weighted by Crippen LogP contribution is -1.90. The summed E-state index contributed by atoms with van der Waals surface area (Å²) in [5, 5.41) is 0. The van der Waals surface area contributed by atoms with Crippen LogP contribution in [-0.2, 0) is 11.2 Å². The molecule has 1 fully saturated rings. The molecule has 16 heavy (non-hydrogen) atoms. The summed E-state index contributed by atoms with van der Waals surface area (Å²) in [5.74, 6) is 0.945. The van der Waals surface area contributed by atoms with Gasteiger partial charge in [-0.05, 0) is 30.7 Å². The third-order valence-corrected chi connectivity index (χ3v) is 3.13. The third-order valence-electron chi connectivity index (χ3n) is 3.13. The van der Waals surface area contributed by atoms with Crippen molar-refractivity contribution >= 4 is 5.78 Å². The van der Waals surface area contributed by atoms with Crippen molar-refractivity contribution in [2.75, 3.05) is 0 Å². The van der Waals surface area contributed by atoms with Crippen molar-refractivity contribution in [3.63, 3.8) is 0 Å². The topological polar surface area (TPSA) is 17.1 Å². The fourth-order valence-corrected chi connectivity index (χ4v) is 2.19. The first-order chi connectivity index (χ1) is 7.84. The summed E-state index contributed by atoms with van der Waals surface area (Å²) >= 11 is 0. The number of carbonyl (C=O) groups is 1. The van der Waals surface area contributed by atoms with Crippen LogP contribution in [0.4, 0.5) is 0 Å². The summed E-state index contributed by atoms with van der Waals surface area (Å²) < 4.78 is 0. The van der Waals surface area contributed by atoms with Gasteiger partial charge in [0.25, 0.3) is 0 Å². The second-order valence-electron chi connectivity index (χ2n) is 4.49. The van der Waals surface area contributed by atoms with E-state index in [4.69, 9.17) is 0 Å². The average molecular weight is 214 g/mol. The van der Waals surface area contributed by atoms with Crippen LogP contribution in [0.25, 0.3) is 0 Å². The average Bonchev–Trinajstić information content (AvgIpc) is 2.72. The first-order valence-electron chi connectivity index (χ1n) is 6.07. The van der Waals surface area contributed by atoms with Gasteiger partial charge in [-0.3, -0.25) is 4.79 Å². The molecule has 2 rings (SSSR count). The SMILES string of the molecule is O=C1CC[C@H](/C=C/CCc2ccccc2)C1. The molecule has 1 atom stereocenters. The molecular formula is C15H18O. The van der Waals surface area contributed by atoms with Crippen LogP contribution in [0.2, 0.25) is 0 Å². The van der Waals surface area contributed by atoms with Gasteiger partial charge in [-0.25, -0.2) is 0 Å². The minimum absolute atomic E-state index is 0.428. The number of benzene rings is 1. The van der Waals surface area contributed by atoms with Crippen molar-refractivity contribution in [1.29, 1.82) is 0 Å². The van der Waals surface area contributed by atoms with E-state index in [1.165, 1.54) is 5.56 Å². The Morgan fingerprint density at radius 3 is 2.75 bits per heavy atom. The number of aryl methyl sites for hydroxylation is 1. The normalized spacial score (nSPS) is 20.8. The van der Waals surface area contributed by atoms with E-state index >= 15 is 0 Å². The summed E-state index contributed by atoms with van der Waals surface area (Å²) in [6.45, 7) is 0. The molecule has 0 saturated heterocycles. The lowest BCUT2D eigenvalue weighted by Gasteiger charge is -2.00. The highest BCUT2D eigenvalue weighted by molar-refractivity contribution is 5.80. The number of Topliss-reactive ketones (excluding diaryl/α,β-unsaturated/α-hetero) is 1. The summed E-state index contributed by atoms with van der Waals surface area (Å²) in [5.41, 5.74) is 1.38. The zero-order valence-corrected chi connectivity index (χ0v) is 9.56. The Hall–Kier alpha value is -1.37. The third kappa shape index (κ3) is 3.34. The molecule has 1 aromatic carbocycles. The summed E-state index contributed by atoms with van der Waals surface area (Å²) in [6, 6.07) is 10.5. The van der Waals surface area contributed by atoms with Crippen LogP contribution in [0.5, 0.6) is 0 Å². The van der Waals surface area contributed by atoms with Gasteiger partial charge in [0.1, 0.15) is 5.78 Å². The van der Waals surface area contributed by atoms with Crippen LogP contribution >= 0.6 is 0 Å². The van der Waals surface area contributed by atoms with Gasteiger partial charge < -0.3 is 0 Å². The number of hydrogen-bond acceptors (Lipinski definition) is 1. The molecule has 0 amide bonds. The molecular weight excluding hydrogens is 196 g/mol. The van der Waals surface area contributed by atoms with Crippen molar-refractivity contribution in [3.05, 3.63) is 48.0 Å². The first kappa shape index (κ1) is 11.1. The maximum absolute atomic E-state index is 11.1. The van der Waals surface area contributed by atoms with Gasteiger partial charge in [-0.15, -0.1) is 0 Å². The molecule has 0 unspecified atom stereocenters. The second-order valence-corrected chi connectivity index (χ2v) is 4.49. The number of allylic oxidation sites excluding steroid dienone is 2. The van der Waals surface area contributed by atoms with Crippen molar-refractivity contribution < 1.29 is 4.79 Å². The van der Waals surface area contributed by atoms with E-state index in [1.54, 1.807) is 0 Å². The fourth-order valence-electron chi connectivity index (χ4n) is 2.19. The molecule has 0 spiro atoms. The van der Waals surface area contributed by atoms with Crippen molar-refractivity contribution in [3.8, 4) is 0 Å². The maximum atomic E-state index is 11.1. The molecule has 0 aromatic heterocycles. The van der Waals surface area contributed by atoms with E-state index < -0.39 is 0 Å². The van der Waals surface area contributed by atoms with Gasteiger partial charge in [-0.2, -0.15) is 0 Å². The van der Waals surface area contributed by atoms with Crippen LogP contribution in [0, 0.1) is 5.92 Å². The number of ketones is 1. The van der Waals surface area contributed by atoms with Gasteiger partial charge in [0.15, 0.2) is 0 Å². The molecule has 0 radical (unpaired) electrons. The number of rotatable bonds is 4. The van der Waals surface area contributed by atoms with Gasteiger partial charge in [0.05, 0.1) is 0 Å². The highest BCUT2D eigenvalue weighted by atomic mass is 16.1. The Bertz CT molecular complexity index is 364. The van der Waals surface area contributed by atoms with Gasteiger partial charge in [-0.1, -0.05) is 42.5 Å². The molecule has 1 heteroatoms. The molecule has 1 aromatic rings. The Morgan fingerprint density at radius 2 is 2.06 bits per heavy atom. The number of carbonyl (C=O) groups excluding carboxylic acids is 1. The Kier molecular flexibility index (Phi) is 3.92. The zero-order chi connectivity index (χ0) is 11.2. The highest BCUT2D eigenvalue weighted by Gasteiger charge is 2.18. The van der Waals surface area contributed by atoms with E-state index in [9.17, 15) is 4.79 Å². The summed E-state index contributed by atoms with van der Waals surface area (Å²) in [7, 11) is 0. The van der Waals surface area contributed by atoms with Crippen LogP contribution in [-0.4, -0.2) is 5.78 Å².